The first-order valence-electron chi connectivity index (χ1n) is 9.22. The van der Waals surface area contributed by atoms with Gasteiger partial charge in [-0.25, -0.2) is 0 Å². The zero-order chi connectivity index (χ0) is 19.8. The highest BCUT2D eigenvalue weighted by Gasteiger charge is 2.71. The molecule has 0 spiro atoms. The summed E-state index contributed by atoms with van der Waals surface area (Å²) in [4.78, 5) is 27.0. The quantitative estimate of drug-likeness (QED) is 0.583. The summed E-state index contributed by atoms with van der Waals surface area (Å²) in [5.74, 6) is -0.0116. The van der Waals surface area contributed by atoms with Gasteiger partial charge in [-0.2, -0.15) is 0 Å². The van der Waals surface area contributed by atoms with Crippen LogP contribution < -0.4 is 4.90 Å². The van der Waals surface area contributed by atoms with E-state index in [-0.39, 0.29) is 11.0 Å². The van der Waals surface area contributed by atoms with Gasteiger partial charge >= 0.3 is 0 Å². The number of carbonyl (C=O) groups is 2. The Morgan fingerprint density at radius 2 is 1.25 bits per heavy atom. The molecular formula is C24H21NO2S. The van der Waals surface area contributed by atoms with Crippen molar-refractivity contribution in [2.75, 3.05) is 4.90 Å². The van der Waals surface area contributed by atoms with Crippen molar-refractivity contribution < 1.29 is 9.59 Å². The van der Waals surface area contributed by atoms with E-state index in [1.807, 2.05) is 97.9 Å². The normalized spacial score (nSPS) is 23.9. The highest BCUT2D eigenvalue weighted by molar-refractivity contribution is 8.14. The van der Waals surface area contributed by atoms with Gasteiger partial charge in [0.1, 0.15) is 10.3 Å². The molecule has 1 aliphatic heterocycles. The molecule has 0 bridgehead atoms. The van der Waals surface area contributed by atoms with Crippen molar-refractivity contribution in [2.24, 2.45) is 0 Å². The summed E-state index contributed by atoms with van der Waals surface area (Å²) in [7, 11) is 0. The fourth-order valence-electron chi connectivity index (χ4n) is 4.15. The van der Waals surface area contributed by atoms with Gasteiger partial charge in [0, 0.05) is 12.6 Å². The molecule has 0 aliphatic carbocycles. The molecule has 0 aromatic heterocycles. The number of hydrogen-bond acceptors (Lipinski definition) is 3. The Hall–Kier alpha value is -2.85. The van der Waals surface area contributed by atoms with Gasteiger partial charge < -0.3 is 0 Å². The van der Waals surface area contributed by atoms with Crippen LogP contribution >= 0.6 is 11.8 Å². The van der Waals surface area contributed by atoms with Crippen LogP contribution in [0.25, 0.3) is 0 Å². The molecule has 28 heavy (non-hydrogen) atoms. The van der Waals surface area contributed by atoms with E-state index in [0.29, 0.717) is 0 Å². The van der Waals surface area contributed by atoms with Crippen LogP contribution in [-0.4, -0.2) is 11.0 Å². The predicted octanol–water partition coefficient (Wildman–Crippen LogP) is 5.12. The third-order valence-electron chi connectivity index (χ3n) is 5.45. The van der Waals surface area contributed by atoms with E-state index in [9.17, 15) is 9.59 Å². The molecule has 3 aromatic rings. The fourth-order valence-corrected chi connectivity index (χ4v) is 5.50. The maximum absolute atomic E-state index is 13.7. The van der Waals surface area contributed by atoms with Gasteiger partial charge in [0.25, 0.3) is 0 Å². The van der Waals surface area contributed by atoms with Crippen LogP contribution in [-0.2, 0) is 19.9 Å². The first-order valence-corrected chi connectivity index (χ1v) is 10.0. The van der Waals surface area contributed by atoms with Crippen molar-refractivity contribution in [1.29, 1.82) is 0 Å². The monoisotopic (exact) mass is 387 g/mol. The van der Waals surface area contributed by atoms with E-state index in [1.165, 1.54) is 11.8 Å². The lowest BCUT2D eigenvalue weighted by atomic mass is 9.64. The number of amides is 1. The third-order valence-corrected chi connectivity index (χ3v) is 6.85. The molecule has 3 aromatic carbocycles. The number of hydrogen-bond donors (Lipinski definition) is 0. The lowest BCUT2D eigenvalue weighted by molar-refractivity contribution is -0.134. The van der Waals surface area contributed by atoms with Gasteiger partial charge in [-0.1, -0.05) is 90.6 Å². The van der Waals surface area contributed by atoms with Gasteiger partial charge in [-0.3, -0.25) is 14.5 Å². The molecule has 0 saturated carbocycles. The van der Waals surface area contributed by atoms with Crippen LogP contribution in [0.2, 0.25) is 0 Å². The van der Waals surface area contributed by atoms with E-state index in [0.717, 1.165) is 16.8 Å². The van der Waals surface area contributed by atoms with E-state index in [2.05, 4.69) is 0 Å². The number of carbonyl (C=O) groups excluding carboxylic acids is 2. The van der Waals surface area contributed by atoms with Crippen molar-refractivity contribution in [2.45, 2.75) is 24.1 Å². The lowest BCUT2D eigenvalue weighted by Gasteiger charge is -2.63. The summed E-state index contributed by atoms with van der Waals surface area (Å²) in [6, 6.07) is 29.2. The average molecular weight is 388 g/mol. The summed E-state index contributed by atoms with van der Waals surface area (Å²) in [6.07, 6.45) is 0. The molecule has 0 unspecified atom stereocenters. The molecule has 140 valence electrons. The average Bonchev–Trinajstić information content (AvgIpc) is 2.74. The second kappa shape index (κ2) is 6.95. The Balaban J connectivity index is 2.01. The molecule has 1 amide bonds. The summed E-state index contributed by atoms with van der Waals surface area (Å²) >= 11 is 1.22. The van der Waals surface area contributed by atoms with Crippen molar-refractivity contribution in [1.82, 2.24) is 0 Å². The van der Waals surface area contributed by atoms with Gasteiger partial charge in [-0.15, -0.1) is 0 Å². The van der Waals surface area contributed by atoms with Crippen LogP contribution in [0.4, 0.5) is 5.69 Å². The zero-order valence-corrected chi connectivity index (χ0v) is 16.6. The van der Waals surface area contributed by atoms with Crippen LogP contribution in [0, 0.1) is 0 Å². The molecular weight excluding hydrogens is 366 g/mol. The van der Waals surface area contributed by atoms with Gasteiger partial charge in [-0.05, 0) is 30.2 Å². The standard InChI is InChI=1S/C24H21NO2S/c1-18(26)28-24(20-14-8-4-9-15-20)23(2,19-12-6-3-7-13-19)22(27)25(24)21-16-10-5-11-17-21/h3-17H,1-2H3/t23-,24+/m1/s1. The summed E-state index contributed by atoms with van der Waals surface area (Å²) in [5.41, 5.74) is 1.76. The highest BCUT2D eigenvalue weighted by Crippen LogP contribution is 2.63. The Labute approximate surface area is 169 Å². The number of benzene rings is 3. The van der Waals surface area contributed by atoms with Crippen molar-refractivity contribution in [3.05, 3.63) is 102 Å². The van der Waals surface area contributed by atoms with Crippen LogP contribution in [0.5, 0.6) is 0 Å². The third kappa shape index (κ3) is 2.52. The van der Waals surface area contributed by atoms with Crippen LogP contribution in [0.15, 0.2) is 91.0 Å². The molecule has 1 fully saturated rings. The number of anilines is 1. The van der Waals surface area contributed by atoms with Gasteiger partial charge in [0.05, 0.1) is 0 Å². The molecule has 1 heterocycles. The molecule has 0 radical (unpaired) electrons. The maximum atomic E-state index is 13.7. The van der Waals surface area contributed by atoms with E-state index in [4.69, 9.17) is 0 Å². The summed E-state index contributed by atoms with van der Waals surface area (Å²) < 4.78 is 0. The number of β-lactam (4-membered cyclic amide) rings is 1. The smallest absolute Gasteiger partial charge is 0.242 e. The minimum Gasteiger partial charge on any atom is -0.290 e. The zero-order valence-electron chi connectivity index (χ0n) is 15.8. The predicted molar refractivity (Wildman–Crippen MR) is 114 cm³/mol. The lowest BCUT2D eigenvalue weighted by Crippen LogP contribution is -2.76. The maximum Gasteiger partial charge on any atom is 0.242 e. The second-order valence-corrected chi connectivity index (χ2v) is 8.44. The Morgan fingerprint density at radius 1 is 0.786 bits per heavy atom. The number of thioether (sulfide) groups is 1. The Kier molecular flexibility index (Phi) is 4.60. The van der Waals surface area contributed by atoms with Crippen molar-refractivity contribution in [3.63, 3.8) is 0 Å². The molecule has 2 atom stereocenters. The van der Waals surface area contributed by atoms with Gasteiger partial charge in [0.2, 0.25) is 5.91 Å². The summed E-state index contributed by atoms with van der Waals surface area (Å²) in [5, 5.41) is -0.0283. The fraction of sp³-hybridized carbons (Fsp3) is 0.167. The molecule has 0 N–H and O–H groups in total. The van der Waals surface area contributed by atoms with E-state index in [1.54, 1.807) is 11.8 Å². The molecule has 4 rings (SSSR count). The van der Waals surface area contributed by atoms with Crippen molar-refractivity contribution in [3.8, 4) is 0 Å². The molecule has 4 heteroatoms. The molecule has 1 aliphatic rings. The highest BCUT2D eigenvalue weighted by atomic mass is 32.2. The first-order chi connectivity index (χ1) is 13.5. The van der Waals surface area contributed by atoms with Crippen LogP contribution in [0.3, 0.4) is 0 Å². The first kappa shape index (κ1) is 18.5. The molecule has 1 saturated heterocycles. The minimum atomic E-state index is -0.873. The Bertz CT molecular complexity index is 1010. The summed E-state index contributed by atoms with van der Waals surface area (Å²) in [6.45, 7) is 3.51. The molecule has 3 nitrogen and oxygen atoms in total. The number of para-hydroxylation sites is 1. The number of nitrogens with zero attached hydrogens (tertiary/aromatic N) is 1. The van der Waals surface area contributed by atoms with E-state index < -0.39 is 10.3 Å². The number of rotatable bonds is 4. The second-order valence-electron chi connectivity index (χ2n) is 7.07. The SMILES string of the molecule is CC(=O)S[C@]1(c2ccccc2)N(c2ccccc2)C(=O)[C@@]1(C)c1ccccc1. The Morgan fingerprint density at radius 3 is 1.75 bits per heavy atom. The van der Waals surface area contributed by atoms with E-state index >= 15 is 0 Å². The minimum absolute atomic E-state index is 0.0116. The van der Waals surface area contributed by atoms with Gasteiger partial charge in [0.15, 0.2) is 5.12 Å². The topological polar surface area (TPSA) is 37.4 Å². The van der Waals surface area contributed by atoms with Crippen molar-refractivity contribution >= 4 is 28.5 Å². The largest absolute Gasteiger partial charge is 0.290 e. The van der Waals surface area contributed by atoms with Crippen LogP contribution in [0.1, 0.15) is 25.0 Å².